The lowest BCUT2D eigenvalue weighted by atomic mass is 9.79. The smallest absolute Gasteiger partial charge is 0.198 e. The second-order valence-electron chi connectivity index (χ2n) is 6.61. The molecule has 2 aromatic rings. The molecule has 0 spiro atoms. The van der Waals surface area contributed by atoms with E-state index >= 15 is 0 Å². The average Bonchev–Trinajstić information content (AvgIpc) is 2.90. The molecule has 2 unspecified atom stereocenters. The number of benzene rings is 1. The molecule has 1 aromatic heterocycles. The number of aliphatic hydroxyl groups excluding tert-OH is 1. The minimum atomic E-state index is -0.0825. The minimum Gasteiger partial charge on any atom is -0.388 e. The van der Waals surface area contributed by atoms with E-state index in [1.165, 1.54) is 12.0 Å². The molecule has 0 saturated carbocycles. The molecule has 1 saturated heterocycles. The Bertz CT molecular complexity index is 724. The lowest BCUT2D eigenvalue weighted by Crippen LogP contribution is -2.40. The molecule has 1 aromatic carbocycles. The molecular weight excluding hydrogens is 320 g/mol. The van der Waals surface area contributed by atoms with Gasteiger partial charge in [0.05, 0.1) is 6.67 Å². The molecular formula is C18H26N4OS. The van der Waals surface area contributed by atoms with Crippen LogP contribution >= 0.6 is 12.2 Å². The SMILES string of the molecule is CCC1CN(Cn2nc(CO)n(C)c2=S)CCC1c1ccccc1. The van der Waals surface area contributed by atoms with Crippen LogP contribution < -0.4 is 0 Å². The summed E-state index contributed by atoms with van der Waals surface area (Å²) in [5.74, 6) is 1.90. The molecule has 0 aliphatic carbocycles. The van der Waals surface area contributed by atoms with Crippen LogP contribution in [0.25, 0.3) is 0 Å². The summed E-state index contributed by atoms with van der Waals surface area (Å²) in [5, 5.41) is 13.8. The number of rotatable bonds is 5. The van der Waals surface area contributed by atoms with Crippen molar-refractivity contribution in [1.29, 1.82) is 0 Å². The Kier molecular flexibility index (Phi) is 5.48. The van der Waals surface area contributed by atoms with Gasteiger partial charge in [-0.05, 0) is 36.0 Å². The van der Waals surface area contributed by atoms with Gasteiger partial charge in [-0.2, -0.15) is 5.10 Å². The van der Waals surface area contributed by atoms with Crippen LogP contribution in [0.1, 0.15) is 37.1 Å². The number of aromatic nitrogens is 3. The first-order valence-corrected chi connectivity index (χ1v) is 9.05. The molecule has 0 bridgehead atoms. The normalized spacial score (nSPS) is 22.0. The summed E-state index contributed by atoms with van der Waals surface area (Å²) in [5.41, 5.74) is 1.46. The van der Waals surface area contributed by atoms with Crippen molar-refractivity contribution in [3.63, 3.8) is 0 Å². The van der Waals surface area contributed by atoms with Crippen molar-refractivity contribution in [2.24, 2.45) is 13.0 Å². The van der Waals surface area contributed by atoms with Gasteiger partial charge in [0, 0.05) is 20.1 Å². The maximum atomic E-state index is 9.35. The third-order valence-electron chi connectivity index (χ3n) is 5.18. The van der Waals surface area contributed by atoms with Gasteiger partial charge in [0.15, 0.2) is 10.6 Å². The lowest BCUT2D eigenvalue weighted by molar-refractivity contribution is 0.112. The van der Waals surface area contributed by atoms with Crippen molar-refractivity contribution in [2.45, 2.75) is 39.0 Å². The van der Waals surface area contributed by atoms with Crippen molar-refractivity contribution >= 4 is 12.2 Å². The van der Waals surface area contributed by atoms with E-state index in [0.717, 1.165) is 19.5 Å². The van der Waals surface area contributed by atoms with Crippen LogP contribution in [0.15, 0.2) is 30.3 Å². The number of hydrogen-bond acceptors (Lipinski definition) is 4. The van der Waals surface area contributed by atoms with Crippen molar-refractivity contribution in [3.05, 3.63) is 46.5 Å². The Labute approximate surface area is 148 Å². The van der Waals surface area contributed by atoms with Crippen molar-refractivity contribution in [1.82, 2.24) is 19.2 Å². The molecule has 2 atom stereocenters. The first kappa shape index (κ1) is 17.3. The van der Waals surface area contributed by atoms with Crippen molar-refractivity contribution in [3.8, 4) is 0 Å². The van der Waals surface area contributed by atoms with Crippen LogP contribution in [0, 0.1) is 10.7 Å². The predicted octanol–water partition coefficient (Wildman–Crippen LogP) is 2.92. The van der Waals surface area contributed by atoms with Gasteiger partial charge in [-0.15, -0.1) is 0 Å². The molecule has 1 fully saturated rings. The Balaban J connectivity index is 1.71. The van der Waals surface area contributed by atoms with Gasteiger partial charge in [-0.1, -0.05) is 43.7 Å². The highest BCUT2D eigenvalue weighted by Gasteiger charge is 2.29. The van der Waals surface area contributed by atoms with Crippen molar-refractivity contribution < 1.29 is 5.11 Å². The van der Waals surface area contributed by atoms with E-state index in [1.54, 1.807) is 4.57 Å². The van der Waals surface area contributed by atoms with Gasteiger partial charge in [-0.25, -0.2) is 4.68 Å². The molecule has 24 heavy (non-hydrogen) atoms. The van der Waals surface area contributed by atoms with Gasteiger partial charge < -0.3 is 9.67 Å². The summed E-state index contributed by atoms with van der Waals surface area (Å²) < 4.78 is 4.28. The third-order valence-corrected chi connectivity index (χ3v) is 5.66. The molecule has 5 nitrogen and oxygen atoms in total. The van der Waals surface area contributed by atoms with Crippen LogP contribution in [0.3, 0.4) is 0 Å². The molecule has 1 N–H and O–H groups in total. The van der Waals surface area contributed by atoms with E-state index < -0.39 is 0 Å². The summed E-state index contributed by atoms with van der Waals surface area (Å²) >= 11 is 5.43. The minimum absolute atomic E-state index is 0.0825. The molecule has 0 radical (unpaired) electrons. The Morgan fingerprint density at radius 2 is 2.04 bits per heavy atom. The van der Waals surface area contributed by atoms with Crippen molar-refractivity contribution in [2.75, 3.05) is 13.1 Å². The number of likely N-dealkylation sites (tertiary alicyclic amines) is 1. The summed E-state index contributed by atoms with van der Waals surface area (Å²) in [6.07, 6.45) is 2.33. The third kappa shape index (κ3) is 3.45. The highest BCUT2D eigenvalue weighted by atomic mass is 32.1. The lowest BCUT2D eigenvalue weighted by Gasteiger charge is -2.38. The Hall–Kier alpha value is -1.50. The molecule has 2 heterocycles. The predicted molar refractivity (Wildman–Crippen MR) is 97.1 cm³/mol. The number of piperidine rings is 1. The van der Waals surface area contributed by atoms with Crippen LogP contribution in [-0.4, -0.2) is 37.4 Å². The van der Waals surface area contributed by atoms with Gasteiger partial charge in [0.25, 0.3) is 0 Å². The first-order valence-electron chi connectivity index (χ1n) is 8.65. The average molecular weight is 347 g/mol. The molecule has 130 valence electrons. The largest absolute Gasteiger partial charge is 0.388 e. The fourth-order valence-corrected chi connectivity index (χ4v) is 3.94. The van der Waals surface area contributed by atoms with Crippen LogP contribution in [0.2, 0.25) is 0 Å². The van der Waals surface area contributed by atoms with Gasteiger partial charge in [-0.3, -0.25) is 4.90 Å². The van der Waals surface area contributed by atoms with E-state index in [-0.39, 0.29) is 6.61 Å². The second-order valence-corrected chi connectivity index (χ2v) is 6.97. The fraction of sp³-hybridized carbons (Fsp3) is 0.556. The molecule has 0 amide bonds. The summed E-state index contributed by atoms with van der Waals surface area (Å²) in [6.45, 7) is 5.00. The zero-order valence-electron chi connectivity index (χ0n) is 14.4. The zero-order valence-corrected chi connectivity index (χ0v) is 15.2. The molecule has 6 heteroatoms. The van der Waals surface area contributed by atoms with Gasteiger partial charge >= 0.3 is 0 Å². The maximum absolute atomic E-state index is 9.35. The standard InChI is InChI=1S/C18H26N4OS/c1-3-14-11-21(10-9-16(14)15-7-5-4-6-8-15)13-22-18(24)20(2)17(12-23)19-22/h4-8,14,16,23H,3,9-13H2,1-2H3. The van der Waals surface area contributed by atoms with Gasteiger partial charge in [0.2, 0.25) is 0 Å². The van der Waals surface area contributed by atoms with Crippen LogP contribution in [0.5, 0.6) is 0 Å². The number of nitrogens with zero attached hydrogens (tertiary/aromatic N) is 4. The van der Waals surface area contributed by atoms with E-state index in [4.69, 9.17) is 12.2 Å². The van der Waals surface area contributed by atoms with E-state index in [0.29, 0.717) is 29.1 Å². The number of aliphatic hydroxyl groups is 1. The summed E-state index contributed by atoms with van der Waals surface area (Å²) in [7, 11) is 1.86. The highest BCUT2D eigenvalue weighted by Crippen LogP contribution is 2.34. The Morgan fingerprint density at radius 3 is 2.67 bits per heavy atom. The topological polar surface area (TPSA) is 46.2 Å². The maximum Gasteiger partial charge on any atom is 0.198 e. The summed E-state index contributed by atoms with van der Waals surface area (Å²) in [6, 6.07) is 10.9. The highest BCUT2D eigenvalue weighted by molar-refractivity contribution is 7.71. The quantitative estimate of drug-likeness (QED) is 0.846. The molecule has 1 aliphatic rings. The summed E-state index contributed by atoms with van der Waals surface area (Å²) in [4.78, 5) is 2.43. The number of hydrogen-bond donors (Lipinski definition) is 1. The molecule has 3 rings (SSSR count). The molecule has 1 aliphatic heterocycles. The van der Waals surface area contributed by atoms with E-state index in [9.17, 15) is 5.11 Å². The Morgan fingerprint density at radius 1 is 1.29 bits per heavy atom. The monoisotopic (exact) mass is 346 g/mol. The zero-order chi connectivity index (χ0) is 17.1. The van der Waals surface area contributed by atoms with Gasteiger partial charge in [0.1, 0.15) is 6.61 Å². The first-order chi connectivity index (χ1) is 11.6. The van der Waals surface area contributed by atoms with Crippen LogP contribution in [-0.2, 0) is 20.3 Å². The second kappa shape index (κ2) is 7.59. The fourth-order valence-electron chi connectivity index (χ4n) is 3.74. The van der Waals surface area contributed by atoms with Crippen LogP contribution in [0.4, 0.5) is 0 Å². The van der Waals surface area contributed by atoms with E-state index in [1.807, 2.05) is 11.7 Å². The van der Waals surface area contributed by atoms with E-state index in [2.05, 4.69) is 47.3 Å².